The van der Waals surface area contributed by atoms with Gasteiger partial charge in [-0.25, -0.2) is 0 Å². The fourth-order valence-corrected chi connectivity index (χ4v) is 3.29. The molecule has 2 unspecified atom stereocenters. The van der Waals surface area contributed by atoms with E-state index in [1.165, 1.54) is 12.8 Å². The van der Waals surface area contributed by atoms with Gasteiger partial charge >= 0.3 is 5.97 Å². The average Bonchev–Trinajstić information content (AvgIpc) is 2.58. The molecule has 1 amide bonds. The normalized spacial score (nSPS) is 26.6. The summed E-state index contributed by atoms with van der Waals surface area (Å²) in [7, 11) is 2.16. The summed E-state index contributed by atoms with van der Waals surface area (Å²) in [5, 5.41) is 0. The molecule has 0 aromatic carbocycles. The molecule has 2 atom stereocenters. The molecule has 0 aliphatic carbocycles. The predicted molar refractivity (Wildman–Crippen MR) is 80.8 cm³/mol. The topological polar surface area (TPSA) is 49.9 Å². The Hall–Kier alpha value is -1.10. The van der Waals surface area contributed by atoms with E-state index in [9.17, 15) is 9.59 Å². The Labute approximate surface area is 127 Å². The van der Waals surface area contributed by atoms with Crippen LogP contribution in [0, 0.1) is 0 Å². The van der Waals surface area contributed by atoms with Gasteiger partial charge in [-0.05, 0) is 47.1 Å². The number of hydrogen-bond donors (Lipinski definition) is 0. The first-order valence-corrected chi connectivity index (χ1v) is 7.98. The molecule has 0 aromatic heterocycles. The van der Waals surface area contributed by atoms with Crippen LogP contribution in [0.1, 0.15) is 52.9 Å². The number of amides is 1. The number of carbonyl (C=O) groups is 2. The molecule has 2 rings (SSSR count). The molecule has 21 heavy (non-hydrogen) atoms. The van der Waals surface area contributed by atoms with Crippen LogP contribution in [0.5, 0.6) is 0 Å². The Morgan fingerprint density at radius 2 is 1.76 bits per heavy atom. The number of carbonyl (C=O) groups excluding carboxylic acids is 2. The summed E-state index contributed by atoms with van der Waals surface area (Å²) >= 11 is 0. The van der Waals surface area contributed by atoms with Gasteiger partial charge in [0.05, 0.1) is 6.42 Å². The van der Waals surface area contributed by atoms with E-state index in [1.807, 2.05) is 25.7 Å². The van der Waals surface area contributed by atoms with Gasteiger partial charge in [0.15, 0.2) is 0 Å². The Kier molecular flexibility index (Phi) is 4.91. The number of nitrogens with zero attached hydrogens (tertiary/aromatic N) is 2. The Morgan fingerprint density at radius 1 is 1.10 bits per heavy atom. The van der Waals surface area contributed by atoms with Crippen LogP contribution >= 0.6 is 0 Å². The maximum atomic E-state index is 12.3. The van der Waals surface area contributed by atoms with Crippen LogP contribution in [0.3, 0.4) is 0 Å². The third-order valence-corrected chi connectivity index (χ3v) is 4.46. The SMILES string of the molecule is CN1C2CCC1CN(C(=O)CCC(=O)OC(C)(C)C)CC2. The van der Waals surface area contributed by atoms with Crippen LogP contribution in [0.15, 0.2) is 0 Å². The quantitative estimate of drug-likeness (QED) is 0.745. The van der Waals surface area contributed by atoms with Crippen molar-refractivity contribution in [2.24, 2.45) is 0 Å². The van der Waals surface area contributed by atoms with Crippen molar-refractivity contribution >= 4 is 11.9 Å². The first-order chi connectivity index (χ1) is 9.76. The smallest absolute Gasteiger partial charge is 0.306 e. The second-order valence-electron chi connectivity index (χ2n) is 7.27. The van der Waals surface area contributed by atoms with E-state index in [0.717, 1.165) is 19.5 Å². The molecule has 5 heteroatoms. The molecule has 0 saturated carbocycles. The number of hydrogen-bond acceptors (Lipinski definition) is 4. The van der Waals surface area contributed by atoms with E-state index < -0.39 is 5.60 Å². The zero-order chi connectivity index (χ0) is 15.6. The fourth-order valence-electron chi connectivity index (χ4n) is 3.29. The molecule has 2 aliphatic rings. The summed E-state index contributed by atoms with van der Waals surface area (Å²) in [6.07, 6.45) is 3.91. The number of fused-ring (bicyclic) bond motifs is 2. The summed E-state index contributed by atoms with van der Waals surface area (Å²) in [4.78, 5) is 28.3. The van der Waals surface area contributed by atoms with E-state index in [1.54, 1.807) is 0 Å². The molecule has 0 spiro atoms. The zero-order valence-corrected chi connectivity index (χ0v) is 13.7. The number of likely N-dealkylation sites (tertiary alicyclic amines) is 1. The maximum Gasteiger partial charge on any atom is 0.306 e. The molecule has 2 aliphatic heterocycles. The predicted octanol–water partition coefficient (Wildman–Crippen LogP) is 1.80. The Balaban J connectivity index is 1.80. The minimum Gasteiger partial charge on any atom is -0.460 e. The highest BCUT2D eigenvalue weighted by atomic mass is 16.6. The summed E-state index contributed by atoms with van der Waals surface area (Å²) in [5.74, 6) is -0.203. The summed E-state index contributed by atoms with van der Waals surface area (Å²) < 4.78 is 5.25. The summed E-state index contributed by atoms with van der Waals surface area (Å²) in [5.41, 5.74) is -0.482. The second kappa shape index (κ2) is 6.34. The molecule has 120 valence electrons. The van der Waals surface area contributed by atoms with Gasteiger partial charge in [0.25, 0.3) is 0 Å². The van der Waals surface area contributed by atoms with Gasteiger partial charge in [0.2, 0.25) is 5.91 Å². The van der Waals surface area contributed by atoms with Gasteiger partial charge in [0, 0.05) is 31.6 Å². The van der Waals surface area contributed by atoms with Crippen LogP contribution in [-0.2, 0) is 14.3 Å². The highest BCUT2D eigenvalue weighted by Crippen LogP contribution is 2.28. The van der Waals surface area contributed by atoms with Gasteiger partial charge in [-0.3, -0.25) is 14.5 Å². The van der Waals surface area contributed by atoms with Crippen molar-refractivity contribution in [1.29, 1.82) is 0 Å². The van der Waals surface area contributed by atoms with Crippen LogP contribution in [0.2, 0.25) is 0 Å². The largest absolute Gasteiger partial charge is 0.460 e. The maximum absolute atomic E-state index is 12.3. The molecule has 5 nitrogen and oxygen atoms in total. The fraction of sp³-hybridized carbons (Fsp3) is 0.875. The van der Waals surface area contributed by atoms with E-state index in [0.29, 0.717) is 12.1 Å². The van der Waals surface area contributed by atoms with Crippen LogP contribution in [-0.4, -0.2) is 59.5 Å². The minimum absolute atomic E-state index is 0.0850. The molecule has 2 saturated heterocycles. The zero-order valence-electron chi connectivity index (χ0n) is 13.7. The third kappa shape index (κ3) is 4.43. The standard InChI is InChI=1S/C16H28N2O3/c1-16(2,3)21-15(20)8-7-14(19)18-10-9-12-5-6-13(11-18)17(12)4/h12-13H,5-11H2,1-4H3. The molecular formula is C16H28N2O3. The van der Waals surface area contributed by atoms with E-state index >= 15 is 0 Å². The molecule has 2 bridgehead atoms. The molecule has 0 aromatic rings. The van der Waals surface area contributed by atoms with Crippen molar-refractivity contribution in [3.63, 3.8) is 0 Å². The highest BCUT2D eigenvalue weighted by Gasteiger charge is 2.35. The van der Waals surface area contributed by atoms with Gasteiger partial charge in [-0.2, -0.15) is 0 Å². The molecule has 2 heterocycles. The van der Waals surface area contributed by atoms with Crippen molar-refractivity contribution in [3.05, 3.63) is 0 Å². The van der Waals surface area contributed by atoms with Crippen molar-refractivity contribution < 1.29 is 14.3 Å². The van der Waals surface area contributed by atoms with Crippen molar-refractivity contribution in [2.75, 3.05) is 20.1 Å². The van der Waals surface area contributed by atoms with Crippen LogP contribution < -0.4 is 0 Å². The van der Waals surface area contributed by atoms with Gasteiger partial charge in [-0.15, -0.1) is 0 Å². The van der Waals surface area contributed by atoms with Crippen LogP contribution in [0.4, 0.5) is 0 Å². The lowest BCUT2D eigenvalue weighted by molar-refractivity contribution is -0.156. The number of likely N-dealkylation sites (N-methyl/N-ethyl adjacent to an activating group) is 1. The van der Waals surface area contributed by atoms with E-state index in [4.69, 9.17) is 4.74 Å². The van der Waals surface area contributed by atoms with Gasteiger partial charge < -0.3 is 9.64 Å². The Morgan fingerprint density at radius 3 is 2.43 bits per heavy atom. The number of ether oxygens (including phenoxy) is 1. The summed E-state index contributed by atoms with van der Waals surface area (Å²) in [6.45, 7) is 7.15. The molecule has 2 fully saturated rings. The third-order valence-electron chi connectivity index (χ3n) is 4.46. The molecule has 0 radical (unpaired) electrons. The van der Waals surface area contributed by atoms with Crippen molar-refractivity contribution in [2.45, 2.75) is 70.6 Å². The minimum atomic E-state index is -0.482. The lowest BCUT2D eigenvalue weighted by atomic mass is 10.1. The van der Waals surface area contributed by atoms with Gasteiger partial charge in [-0.1, -0.05) is 0 Å². The van der Waals surface area contributed by atoms with E-state index in [2.05, 4.69) is 11.9 Å². The van der Waals surface area contributed by atoms with Crippen LogP contribution in [0.25, 0.3) is 0 Å². The highest BCUT2D eigenvalue weighted by molar-refractivity contribution is 5.81. The van der Waals surface area contributed by atoms with E-state index in [-0.39, 0.29) is 24.7 Å². The average molecular weight is 296 g/mol. The lowest BCUT2D eigenvalue weighted by Gasteiger charge is -2.26. The monoisotopic (exact) mass is 296 g/mol. The molecule has 0 N–H and O–H groups in total. The summed E-state index contributed by atoms with van der Waals surface area (Å²) in [6, 6.07) is 1.11. The number of rotatable bonds is 3. The number of esters is 1. The van der Waals surface area contributed by atoms with Crippen molar-refractivity contribution in [1.82, 2.24) is 9.80 Å². The van der Waals surface area contributed by atoms with Crippen molar-refractivity contribution in [3.8, 4) is 0 Å². The van der Waals surface area contributed by atoms with Gasteiger partial charge in [0.1, 0.15) is 5.60 Å². The lowest BCUT2D eigenvalue weighted by Crippen LogP contribution is -2.39. The Bertz CT molecular complexity index is 403. The first-order valence-electron chi connectivity index (χ1n) is 7.98. The molecular weight excluding hydrogens is 268 g/mol. The first kappa shape index (κ1) is 16.3. The second-order valence-corrected chi connectivity index (χ2v) is 7.27.